The van der Waals surface area contributed by atoms with Crippen molar-refractivity contribution in [3.63, 3.8) is 0 Å². The van der Waals surface area contributed by atoms with Crippen LogP contribution in [-0.2, 0) is 11.3 Å². The van der Waals surface area contributed by atoms with Crippen molar-refractivity contribution in [1.82, 2.24) is 10.2 Å². The Morgan fingerprint density at radius 1 is 1.18 bits per heavy atom. The van der Waals surface area contributed by atoms with Crippen LogP contribution in [-0.4, -0.2) is 23.9 Å². The minimum absolute atomic E-state index is 0.0386. The largest absolute Gasteiger partial charge is 0.349 e. The molecule has 1 amide bonds. The molecule has 3 rings (SSSR count). The lowest BCUT2D eigenvalue weighted by atomic mass is 9.93. The van der Waals surface area contributed by atoms with Gasteiger partial charge in [0, 0.05) is 18.0 Å². The summed E-state index contributed by atoms with van der Waals surface area (Å²) in [5.74, 6) is 0.0377. The molecule has 0 saturated carbocycles. The molecular formula is C24H31FN2O. The zero-order chi connectivity index (χ0) is 20.1. The maximum Gasteiger partial charge on any atom is 0.223 e. The minimum Gasteiger partial charge on any atom is -0.349 e. The molecule has 0 aromatic heterocycles. The van der Waals surface area contributed by atoms with E-state index >= 15 is 0 Å². The van der Waals surface area contributed by atoms with Crippen LogP contribution in [0.1, 0.15) is 54.5 Å². The van der Waals surface area contributed by atoms with Crippen LogP contribution >= 0.6 is 0 Å². The average molecular weight is 383 g/mol. The molecule has 0 radical (unpaired) electrons. The van der Waals surface area contributed by atoms with E-state index in [1.54, 1.807) is 6.07 Å². The van der Waals surface area contributed by atoms with E-state index in [0.717, 1.165) is 37.9 Å². The second kappa shape index (κ2) is 9.33. The number of halogens is 1. The molecule has 1 aliphatic rings. The molecule has 1 aliphatic heterocycles. The zero-order valence-electron chi connectivity index (χ0n) is 17.2. The fourth-order valence-corrected chi connectivity index (χ4v) is 4.13. The molecule has 0 spiro atoms. The molecule has 1 heterocycles. The Morgan fingerprint density at radius 3 is 2.54 bits per heavy atom. The third kappa shape index (κ3) is 4.99. The first-order valence-electron chi connectivity index (χ1n) is 10.3. The second-order valence-corrected chi connectivity index (χ2v) is 7.97. The van der Waals surface area contributed by atoms with Gasteiger partial charge in [-0.25, -0.2) is 4.39 Å². The van der Waals surface area contributed by atoms with Gasteiger partial charge in [0.25, 0.3) is 0 Å². The number of piperidine rings is 1. The van der Waals surface area contributed by atoms with Gasteiger partial charge in [0.2, 0.25) is 5.91 Å². The number of carbonyl (C=O) groups excluding carboxylic acids is 1. The topological polar surface area (TPSA) is 32.3 Å². The monoisotopic (exact) mass is 382 g/mol. The van der Waals surface area contributed by atoms with E-state index in [1.807, 2.05) is 12.1 Å². The Hall–Kier alpha value is -2.20. The van der Waals surface area contributed by atoms with Gasteiger partial charge in [-0.15, -0.1) is 0 Å². The highest BCUT2D eigenvalue weighted by atomic mass is 19.1. The van der Waals surface area contributed by atoms with Crippen LogP contribution in [0.15, 0.2) is 42.5 Å². The fourth-order valence-electron chi connectivity index (χ4n) is 4.13. The number of rotatable bonds is 6. The quantitative estimate of drug-likeness (QED) is 0.769. The van der Waals surface area contributed by atoms with Crippen molar-refractivity contribution < 1.29 is 9.18 Å². The van der Waals surface area contributed by atoms with Gasteiger partial charge in [0.05, 0.1) is 6.04 Å². The minimum atomic E-state index is -0.151. The van der Waals surface area contributed by atoms with Crippen LogP contribution in [0.4, 0.5) is 4.39 Å². The van der Waals surface area contributed by atoms with Gasteiger partial charge < -0.3 is 5.32 Å². The molecule has 1 atom stereocenters. The van der Waals surface area contributed by atoms with Crippen molar-refractivity contribution in [2.45, 2.75) is 52.6 Å². The summed E-state index contributed by atoms with van der Waals surface area (Å²) in [7, 11) is 0. The van der Waals surface area contributed by atoms with Crippen LogP contribution in [0.3, 0.4) is 0 Å². The number of hydrogen-bond donors (Lipinski definition) is 1. The lowest BCUT2D eigenvalue weighted by molar-refractivity contribution is -0.127. The number of carbonyl (C=O) groups is 1. The lowest BCUT2D eigenvalue weighted by Gasteiger charge is -2.32. The highest BCUT2D eigenvalue weighted by molar-refractivity contribution is 5.79. The van der Waals surface area contributed by atoms with Gasteiger partial charge in [-0.2, -0.15) is 0 Å². The van der Waals surface area contributed by atoms with Gasteiger partial charge in [-0.05, 0) is 63.4 Å². The first-order valence-corrected chi connectivity index (χ1v) is 10.3. The Kier molecular flexibility index (Phi) is 6.84. The molecule has 1 N–H and O–H groups in total. The maximum atomic E-state index is 13.9. The number of amides is 1. The highest BCUT2D eigenvalue weighted by Gasteiger charge is 2.27. The molecule has 4 heteroatoms. The number of aryl methyl sites for hydroxylation is 2. The summed E-state index contributed by atoms with van der Waals surface area (Å²) in [6.07, 6.45) is 2.52. The SMILES string of the molecule is CCC(NC(=O)C1CCN(Cc2ccccc2F)CC1)c1ccc(C)cc1C. The standard InChI is InChI=1S/C24H31FN2O/c1-4-23(21-10-9-17(2)15-18(21)3)26-24(28)19-11-13-27(14-12-19)16-20-7-5-6-8-22(20)25/h5-10,15,19,23H,4,11-14,16H2,1-3H3,(H,26,28). The third-order valence-corrected chi connectivity index (χ3v) is 5.84. The van der Waals surface area contributed by atoms with Crippen LogP contribution < -0.4 is 5.32 Å². The van der Waals surface area contributed by atoms with Gasteiger partial charge in [0.1, 0.15) is 5.82 Å². The van der Waals surface area contributed by atoms with E-state index in [1.165, 1.54) is 22.8 Å². The van der Waals surface area contributed by atoms with E-state index in [9.17, 15) is 9.18 Å². The number of hydrogen-bond acceptors (Lipinski definition) is 2. The Morgan fingerprint density at radius 2 is 1.89 bits per heavy atom. The van der Waals surface area contributed by atoms with Crippen molar-refractivity contribution >= 4 is 5.91 Å². The Labute approximate surface area is 167 Å². The molecule has 0 aliphatic carbocycles. The molecular weight excluding hydrogens is 351 g/mol. The van der Waals surface area contributed by atoms with E-state index < -0.39 is 0 Å². The molecule has 28 heavy (non-hydrogen) atoms. The van der Waals surface area contributed by atoms with Crippen molar-refractivity contribution in [3.05, 3.63) is 70.5 Å². The first-order chi connectivity index (χ1) is 13.5. The average Bonchev–Trinajstić information content (AvgIpc) is 2.69. The number of nitrogens with one attached hydrogen (secondary N) is 1. The van der Waals surface area contributed by atoms with Crippen molar-refractivity contribution in [3.8, 4) is 0 Å². The summed E-state index contributed by atoms with van der Waals surface area (Å²) in [6.45, 7) is 8.58. The predicted octanol–water partition coefficient (Wildman–Crippen LogP) is 4.92. The second-order valence-electron chi connectivity index (χ2n) is 7.97. The fraction of sp³-hybridized carbons (Fsp3) is 0.458. The highest BCUT2D eigenvalue weighted by Crippen LogP contribution is 2.25. The molecule has 2 aromatic carbocycles. The molecule has 1 fully saturated rings. The zero-order valence-corrected chi connectivity index (χ0v) is 17.2. The van der Waals surface area contributed by atoms with Gasteiger partial charge >= 0.3 is 0 Å². The molecule has 150 valence electrons. The molecule has 0 bridgehead atoms. The van der Waals surface area contributed by atoms with E-state index in [-0.39, 0.29) is 23.7 Å². The maximum absolute atomic E-state index is 13.9. The van der Waals surface area contributed by atoms with Gasteiger partial charge in [-0.1, -0.05) is 48.9 Å². The van der Waals surface area contributed by atoms with Crippen LogP contribution in [0.2, 0.25) is 0 Å². The van der Waals surface area contributed by atoms with Gasteiger partial charge in [0.15, 0.2) is 0 Å². The van der Waals surface area contributed by atoms with Gasteiger partial charge in [-0.3, -0.25) is 9.69 Å². The third-order valence-electron chi connectivity index (χ3n) is 5.84. The van der Waals surface area contributed by atoms with Crippen LogP contribution in [0.5, 0.6) is 0 Å². The summed E-state index contributed by atoms with van der Waals surface area (Å²) in [6, 6.07) is 13.4. The van der Waals surface area contributed by atoms with E-state index in [4.69, 9.17) is 0 Å². The van der Waals surface area contributed by atoms with Crippen molar-refractivity contribution in [2.75, 3.05) is 13.1 Å². The Balaban J connectivity index is 1.55. The summed E-state index contributed by atoms with van der Waals surface area (Å²) in [4.78, 5) is 15.1. The van der Waals surface area contributed by atoms with Crippen molar-refractivity contribution in [1.29, 1.82) is 0 Å². The first kappa shape index (κ1) is 20.5. The summed E-state index contributed by atoms with van der Waals surface area (Å²) in [5.41, 5.74) is 4.40. The number of nitrogens with zero attached hydrogens (tertiary/aromatic N) is 1. The molecule has 3 nitrogen and oxygen atoms in total. The Bertz CT molecular complexity index is 812. The number of benzene rings is 2. The smallest absolute Gasteiger partial charge is 0.223 e. The normalized spacial score (nSPS) is 16.7. The van der Waals surface area contributed by atoms with E-state index in [0.29, 0.717) is 6.54 Å². The molecule has 2 aromatic rings. The van der Waals surface area contributed by atoms with Crippen LogP contribution in [0.25, 0.3) is 0 Å². The molecule has 1 saturated heterocycles. The van der Waals surface area contributed by atoms with E-state index in [2.05, 4.69) is 49.2 Å². The summed E-state index contributed by atoms with van der Waals surface area (Å²) >= 11 is 0. The summed E-state index contributed by atoms with van der Waals surface area (Å²) in [5, 5.41) is 3.27. The van der Waals surface area contributed by atoms with Crippen LogP contribution in [0, 0.1) is 25.6 Å². The lowest BCUT2D eigenvalue weighted by Crippen LogP contribution is -2.41. The predicted molar refractivity (Wildman–Crippen MR) is 111 cm³/mol. The summed E-state index contributed by atoms with van der Waals surface area (Å²) < 4.78 is 13.9. The molecule has 1 unspecified atom stereocenters. The number of likely N-dealkylation sites (tertiary alicyclic amines) is 1. The van der Waals surface area contributed by atoms with Crippen molar-refractivity contribution in [2.24, 2.45) is 5.92 Å².